The highest BCUT2D eigenvalue weighted by molar-refractivity contribution is 5.98. The standard InChI is InChI=1S/C11H18N4O3/c1-15-9(12)8(5-14-15)10(16)13-6-11(17-2)3-4-18-7-11/h5H,3-4,6-7,12H2,1-2H3,(H,13,16). The molecule has 1 aromatic heterocycles. The van der Waals surface area contributed by atoms with Crippen LogP contribution >= 0.6 is 0 Å². The second kappa shape index (κ2) is 4.95. The summed E-state index contributed by atoms with van der Waals surface area (Å²) in [7, 11) is 3.31. The monoisotopic (exact) mass is 254 g/mol. The second-order valence-corrected chi connectivity index (χ2v) is 4.44. The molecule has 2 rings (SSSR count). The van der Waals surface area contributed by atoms with Gasteiger partial charge in [0.15, 0.2) is 0 Å². The van der Waals surface area contributed by atoms with Crippen molar-refractivity contribution in [2.24, 2.45) is 7.05 Å². The van der Waals surface area contributed by atoms with Crippen LogP contribution in [0.15, 0.2) is 6.20 Å². The van der Waals surface area contributed by atoms with E-state index < -0.39 is 5.60 Å². The van der Waals surface area contributed by atoms with E-state index in [1.54, 1.807) is 14.2 Å². The molecule has 0 aliphatic carbocycles. The minimum absolute atomic E-state index is 0.246. The summed E-state index contributed by atoms with van der Waals surface area (Å²) in [5.74, 6) is 0.102. The van der Waals surface area contributed by atoms with Crippen LogP contribution in [-0.2, 0) is 16.5 Å². The highest BCUT2D eigenvalue weighted by Gasteiger charge is 2.35. The molecule has 0 bridgehead atoms. The minimum Gasteiger partial charge on any atom is -0.383 e. The lowest BCUT2D eigenvalue weighted by Gasteiger charge is -2.25. The van der Waals surface area contributed by atoms with Crippen LogP contribution in [0.25, 0.3) is 0 Å². The molecule has 0 spiro atoms. The van der Waals surface area contributed by atoms with Crippen molar-refractivity contribution in [3.8, 4) is 0 Å². The number of nitrogens with two attached hydrogens (primary N) is 1. The fourth-order valence-electron chi connectivity index (χ4n) is 1.92. The fourth-order valence-corrected chi connectivity index (χ4v) is 1.92. The molecule has 7 heteroatoms. The van der Waals surface area contributed by atoms with Gasteiger partial charge < -0.3 is 20.5 Å². The molecule has 1 saturated heterocycles. The van der Waals surface area contributed by atoms with E-state index in [0.29, 0.717) is 31.1 Å². The molecule has 3 N–H and O–H groups in total. The van der Waals surface area contributed by atoms with Crippen LogP contribution in [0.3, 0.4) is 0 Å². The molecule has 7 nitrogen and oxygen atoms in total. The van der Waals surface area contributed by atoms with Gasteiger partial charge in [-0.25, -0.2) is 0 Å². The molecule has 1 fully saturated rings. The first-order chi connectivity index (χ1) is 8.58. The number of carbonyl (C=O) groups is 1. The van der Waals surface area contributed by atoms with Crippen LogP contribution in [0.2, 0.25) is 0 Å². The predicted molar refractivity (Wildman–Crippen MR) is 65.1 cm³/mol. The summed E-state index contributed by atoms with van der Waals surface area (Å²) >= 11 is 0. The first-order valence-corrected chi connectivity index (χ1v) is 5.76. The number of methoxy groups -OCH3 is 1. The maximum Gasteiger partial charge on any atom is 0.256 e. The van der Waals surface area contributed by atoms with Gasteiger partial charge in [0.1, 0.15) is 17.0 Å². The van der Waals surface area contributed by atoms with Crippen LogP contribution < -0.4 is 11.1 Å². The smallest absolute Gasteiger partial charge is 0.256 e. The summed E-state index contributed by atoms with van der Waals surface area (Å²) in [6.45, 7) is 1.54. The third-order valence-corrected chi connectivity index (χ3v) is 3.30. The Morgan fingerprint density at radius 2 is 2.56 bits per heavy atom. The maximum atomic E-state index is 12.0. The van der Waals surface area contributed by atoms with E-state index in [1.807, 2.05) is 0 Å². The topological polar surface area (TPSA) is 91.4 Å². The molecular formula is C11H18N4O3. The van der Waals surface area contributed by atoms with Gasteiger partial charge in [-0.05, 0) is 0 Å². The summed E-state index contributed by atoms with van der Waals surface area (Å²) in [6.07, 6.45) is 2.22. The number of aryl methyl sites for hydroxylation is 1. The Morgan fingerprint density at radius 3 is 3.06 bits per heavy atom. The quantitative estimate of drug-likeness (QED) is 0.758. The molecule has 1 amide bonds. The van der Waals surface area contributed by atoms with Crippen molar-refractivity contribution in [2.45, 2.75) is 12.0 Å². The SMILES string of the molecule is COC1(CNC(=O)c2cnn(C)c2N)CCOC1. The average molecular weight is 254 g/mol. The third-order valence-electron chi connectivity index (χ3n) is 3.30. The molecule has 100 valence electrons. The zero-order chi connectivity index (χ0) is 13.2. The molecule has 1 aromatic rings. The zero-order valence-corrected chi connectivity index (χ0v) is 10.6. The van der Waals surface area contributed by atoms with Crippen molar-refractivity contribution in [1.29, 1.82) is 0 Å². The van der Waals surface area contributed by atoms with Crippen molar-refractivity contribution in [1.82, 2.24) is 15.1 Å². The Morgan fingerprint density at radius 1 is 1.78 bits per heavy atom. The van der Waals surface area contributed by atoms with Gasteiger partial charge in [0.05, 0.1) is 12.8 Å². The van der Waals surface area contributed by atoms with Crippen LogP contribution in [-0.4, -0.2) is 48.2 Å². The van der Waals surface area contributed by atoms with Crippen molar-refractivity contribution in [3.63, 3.8) is 0 Å². The number of carbonyl (C=O) groups excluding carboxylic acids is 1. The van der Waals surface area contributed by atoms with E-state index in [1.165, 1.54) is 10.9 Å². The predicted octanol–water partition coefficient (Wildman–Crippen LogP) is -0.462. The number of ether oxygens (including phenoxy) is 2. The number of hydrogen-bond acceptors (Lipinski definition) is 5. The van der Waals surface area contributed by atoms with Gasteiger partial charge in [0, 0.05) is 33.7 Å². The Bertz CT molecular complexity index is 437. The summed E-state index contributed by atoms with van der Waals surface area (Å²) < 4.78 is 12.2. The fraction of sp³-hybridized carbons (Fsp3) is 0.636. The average Bonchev–Trinajstić information content (AvgIpc) is 2.96. The Kier molecular flexibility index (Phi) is 3.53. The normalized spacial score (nSPS) is 23.2. The summed E-state index contributed by atoms with van der Waals surface area (Å²) in [6, 6.07) is 0. The molecule has 18 heavy (non-hydrogen) atoms. The Balaban J connectivity index is 1.98. The maximum absolute atomic E-state index is 12.0. The number of rotatable bonds is 4. The summed E-state index contributed by atoms with van der Waals surface area (Å²) in [5.41, 5.74) is 5.69. The van der Waals surface area contributed by atoms with Crippen LogP contribution in [0.4, 0.5) is 5.82 Å². The lowest BCUT2D eigenvalue weighted by Crippen LogP contribution is -2.45. The molecule has 0 aromatic carbocycles. The van der Waals surface area contributed by atoms with Gasteiger partial charge in [-0.3, -0.25) is 9.48 Å². The molecule has 1 aliphatic heterocycles. The molecular weight excluding hydrogens is 236 g/mol. The van der Waals surface area contributed by atoms with Crippen molar-refractivity contribution < 1.29 is 14.3 Å². The van der Waals surface area contributed by atoms with Gasteiger partial charge >= 0.3 is 0 Å². The number of nitrogens with zero attached hydrogens (tertiary/aromatic N) is 2. The molecule has 2 heterocycles. The van der Waals surface area contributed by atoms with E-state index in [0.717, 1.165) is 6.42 Å². The number of amides is 1. The number of aromatic nitrogens is 2. The van der Waals surface area contributed by atoms with Crippen molar-refractivity contribution in [3.05, 3.63) is 11.8 Å². The number of hydrogen-bond donors (Lipinski definition) is 2. The lowest BCUT2D eigenvalue weighted by atomic mass is 10.0. The number of nitrogen functional groups attached to an aromatic ring is 1. The Labute approximate surface area is 105 Å². The molecule has 1 atom stereocenters. The highest BCUT2D eigenvalue weighted by atomic mass is 16.5. The highest BCUT2D eigenvalue weighted by Crippen LogP contribution is 2.21. The largest absolute Gasteiger partial charge is 0.383 e. The minimum atomic E-state index is -0.424. The zero-order valence-electron chi connectivity index (χ0n) is 10.6. The number of anilines is 1. The van der Waals surface area contributed by atoms with E-state index in [9.17, 15) is 4.79 Å². The van der Waals surface area contributed by atoms with Gasteiger partial charge in [0.25, 0.3) is 5.91 Å². The van der Waals surface area contributed by atoms with E-state index >= 15 is 0 Å². The van der Waals surface area contributed by atoms with Crippen LogP contribution in [0.5, 0.6) is 0 Å². The Hall–Kier alpha value is -1.60. The van der Waals surface area contributed by atoms with Gasteiger partial charge in [-0.15, -0.1) is 0 Å². The first kappa shape index (κ1) is 12.8. The van der Waals surface area contributed by atoms with Gasteiger partial charge in [0.2, 0.25) is 0 Å². The summed E-state index contributed by atoms with van der Waals surface area (Å²) in [5, 5.41) is 6.74. The van der Waals surface area contributed by atoms with Gasteiger partial charge in [-0.1, -0.05) is 0 Å². The van der Waals surface area contributed by atoms with Crippen LogP contribution in [0.1, 0.15) is 16.8 Å². The van der Waals surface area contributed by atoms with Crippen molar-refractivity contribution >= 4 is 11.7 Å². The van der Waals surface area contributed by atoms with E-state index in [-0.39, 0.29) is 5.91 Å². The molecule has 0 saturated carbocycles. The molecule has 1 unspecified atom stereocenters. The molecule has 1 aliphatic rings. The summed E-state index contributed by atoms with van der Waals surface area (Å²) in [4.78, 5) is 12.0. The van der Waals surface area contributed by atoms with E-state index in [4.69, 9.17) is 15.2 Å². The van der Waals surface area contributed by atoms with Crippen LogP contribution in [0, 0.1) is 0 Å². The van der Waals surface area contributed by atoms with Crippen molar-refractivity contribution in [2.75, 3.05) is 32.6 Å². The number of nitrogens with one attached hydrogen (secondary N) is 1. The van der Waals surface area contributed by atoms with E-state index in [2.05, 4.69) is 10.4 Å². The van der Waals surface area contributed by atoms with Gasteiger partial charge in [-0.2, -0.15) is 5.10 Å². The first-order valence-electron chi connectivity index (χ1n) is 5.76. The molecule has 0 radical (unpaired) electrons. The lowest BCUT2D eigenvalue weighted by molar-refractivity contribution is -0.0148. The third kappa shape index (κ3) is 2.32. The second-order valence-electron chi connectivity index (χ2n) is 4.44.